The molecule has 0 spiro atoms. The van der Waals surface area contributed by atoms with E-state index in [1.165, 1.54) is 23.3 Å². The fourth-order valence-electron chi connectivity index (χ4n) is 2.28. The minimum atomic E-state index is 0.214. The predicted molar refractivity (Wildman–Crippen MR) is 76.3 cm³/mol. The SMILES string of the molecule is CCCN(CCBr)C(=O)c1cc2c(s1)CCC2. The predicted octanol–water partition coefficient (Wildman–Crippen LogP) is 3.48. The van der Waals surface area contributed by atoms with Crippen LogP contribution in [0.5, 0.6) is 0 Å². The highest BCUT2D eigenvalue weighted by Gasteiger charge is 2.21. The Labute approximate surface area is 115 Å². The summed E-state index contributed by atoms with van der Waals surface area (Å²) >= 11 is 5.12. The van der Waals surface area contributed by atoms with E-state index in [9.17, 15) is 4.79 Å². The first-order valence-electron chi connectivity index (χ1n) is 6.23. The van der Waals surface area contributed by atoms with E-state index in [2.05, 4.69) is 28.9 Å². The molecule has 2 nitrogen and oxygen atoms in total. The minimum Gasteiger partial charge on any atom is -0.337 e. The molecule has 0 unspecified atom stereocenters. The summed E-state index contributed by atoms with van der Waals surface area (Å²) in [6.07, 6.45) is 4.60. The van der Waals surface area contributed by atoms with Gasteiger partial charge in [-0.3, -0.25) is 4.79 Å². The molecule has 0 aromatic carbocycles. The standard InChI is InChI=1S/C13H18BrNOS/c1-2-7-15(8-6-14)13(16)12-9-10-4-3-5-11(10)17-12/h9H,2-8H2,1H3. The Kier molecular flexibility index (Phi) is 4.62. The van der Waals surface area contributed by atoms with Crippen molar-refractivity contribution in [3.05, 3.63) is 21.4 Å². The maximum atomic E-state index is 12.3. The average Bonchev–Trinajstić information content (AvgIpc) is 2.87. The quantitative estimate of drug-likeness (QED) is 0.762. The van der Waals surface area contributed by atoms with Crippen LogP contribution in [-0.4, -0.2) is 29.2 Å². The van der Waals surface area contributed by atoms with Gasteiger partial charge in [-0.1, -0.05) is 22.9 Å². The third-order valence-electron chi connectivity index (χ3n) is 3.09. The maximum Gasteiger partial charge on any atom is 0.263 e. The van der Waals surface area contributed by atoms with E-state index in [1.54, 1.807) is 11.3 Å². The molecule has 1 aromatic rings. The molecule has 0 aliphatic heterocycles. The van der Waals surface area contributed by atoms with Crippen molar-refractivity contribution in [3.8, 4) is 0 Å². The van der Waals surface area contributed by atoms with Gasteiger partial charge in [0.2, 0.25) is 0 Å². The molecule has 0 atom stereocenters. The molecule has 1 aromatic heterocycles. The summed E-state index contributed by atoms with van der Waals surface area (Å²) in [6, 6.07) is 2.12. The second kappa shape index (κ2) is 6.01. The molecule has 0 fully saturated rings. The lowest BCUT2D eigenvalue weighted by atomic mass is 10.2. The summed E-state index contributed by atoms with van der Waals surface area (Å²) in [6.45, 7) is 3.77. The largest absolute Gasteiger partial charge is 0.337 e. The van der Waals surface area contributed by atoms with Crippen molar-refractivity contribution in [2.75, 3.05) is 18.4 Å². The van der Waals surface area contributed by atoms with Gasteiger partial charge in [0.05, 0.1) is 4.88 Å². The molecule has 1 amide bonds. The van der Waals surface area contributed by atoms with Gasteiger partial charge in [0.1, 0.15) is 0 Å². The smallest absolute Gasteiger partial charge is 0.263 e. The number of hydrogen-bond acceptors (Lipinski definition) is 2. The second-order valence-corrected chi connectivity index (χ2v) is 6.32. The van der Waals surface area contributed by atoms with Crippen molar-refractivity contribution in [2.45, 2.75) is 32.6 Å². The molecule has 2 rings (SSSR count). The van der Waals surface area contributed by atoms with Crippen LogP contribution in [-0.2, 0) is 12.8 Å². The van der Waals surface area contributed by atoms with E-state index in [-0.39, 0.29) is 5.91 Å². The second-order valence-electron chi connectivity index (χ2n) is 4.39. The lowest BCUT2D eigenvalue weighted by Crippen LogP contribution is -2.32. The van der Waals surface area contributed by atoms with E-state index in [1.807, 2.05) is 4.90 Å². The number of alkyl halides is 1. The number of carbonyl (C=O) groups excluding carboxylic acids is 1. The molecule has 94 valence electrons. The topological polar surface area (TPSA) is 20.3 Å². The van der Waals surface area contributed by atoms with Crippen molar-refractivity contribution >= 4 is 33.2 Å². The number of hydrogen-bond donors (Lipinski definition) is 0. The summed E-state index contributed by atoms with van der Waals surface area (Å²) in [5.41, 5.74) is 1.41. The van der Waals surface area contributed by atoms with Crippen LogP contribution in [0.15, 0.2) is 6.07 Å². The van der Waals surface area contributed by atoms with Crippen molar-refractivity contribution in [1.82, 2.24) is 4.90 Å². The zero-order valence-electron chi connectivity index (χ0n) is 10.2. The van der Waals surface area contributed by atoms with Crippen LogP contribution < -0.4 is 0 Å². The summed E-state index contributed by atoms with van der Waals surface area (Å²) < 4.78 is 0. The van der Waals surface area contributed by atoms with Gasteiger partial charge in [0.15, 0.2) is 0 Å². The molecule has 1 heterocycles. The Morgan fingerprint density at radius 1 is 1.47 bits per heavy atom. The summed E-state index contributed by atoms with van der Waals surface area (Å²) in [5.74, 6) is 0.214. The van der Waals surface area contributed by atoms with Gasteiger partial charge in [-0.25, -0.2) is 0 Å². The van der Waals surface area contributed by atoms with Crippen LogP contribution in [0.1, 0.15) is 39.9 Å². The van der Waals surface area contributed by atoms with Gasteiger partial charge < -0.3 is 4.90 Å². The molecule has 0 radical (unpaired) electrons. The van der Waals surface area contributed by atoms with Crippen LogP contribution in [0, 0.1) is 0 Å². The number of thiophene rings is 1. The van der Waals surface area contributed by atoms with E-state index >= 15 is 0 Å². The first kappa shape index (κ1) is 13.1. The molecular formula is C13H18BrNOS. The van der Waals surface area contributed by atoms with Gasteiger partial charge in [-0.15, -0.1) is 11.3 Å². The Bertz CT molecular complexity index is 375. The number of aryl methyl sites for hydroxylation is 2. The molecule has 0 saturated carbocycles. The van der Waals surface area contributed by atoms with E-state index < -0.39 is 0 Å². The highest BCUT2D eigenvalue weighted by molar-refractivity contribution is 9.09. The van der Waals surface area contributed by atoms with E-state index in [4.69, 9.17) is 0 Å². The molecule has 4 heteroatoms. The van der Waals surface area contributed by atoms with Crippen molar-refractivity contribution in [1.29, 1.82) is 0 Å². The van der Waals surface area contributed by atoms with Crippen LogP contribution in [0.4, 0.5) is 0 Å². The third-order valence-corrected chi connectivity index (χ3v) is 4.67. The highest BCUT2D eigenvalue weighted by atomic mass is 79.9. The average molecular weight is 316 g/mol. The molecule has 0 saturated heterocycles. The number of fused-ring (bicyclic) bond motifs is 1. The van der Waals surface area contributed by atoms with Gasteiger partial charge in [0.25, 0.3) is 5.91 Å². The molecule has 1 aliphatic rings. The summed E-state index contributed by atoms with van der Waals surface area (Å²) in [7, 11) is 0. The minimum absolute atomic E-state index is 0.214. The monoisotopic (exact) mass is 315 g/mol. The van der Waals surface area contributed by atoms with Gasteiger partial charge >= 0.3 is 0 Å². The first-order chi connectivity index (χ1) is 8.26. The van der Waals surface area contributed by atoms with Gasteiger partial charge in [-0.2, -0.15) is 0 Å². The Balaban J connectivity index is 2.11. The third kappa shape index (κ3) is 2.91. The molecule has 1 aliphatic carbocycles. The van der Waals surface area contributed by atoms with Crippen LogP contribution in [0.25, 0.3) is 0 Å². The van der Waals surface area contributed by atoms with Crippen LogP contribution >= 0.6 is 27.3 Å². The normalized spacial score (nSPS) is 13.8. The van der Waals surface area contributed by atoms with Crippen molar-refractivity contribution < 1.29 is 4.79 Å². The highest BCUT2D eigenvalue weighted by Crippen LogP contribution is 2.31. The molecule has 0 N–H and O–H groups in total. The van der Waals surface area contributed by atoms with Gasteiger partial charge in [0, 0.05) is 23.3 Å². The zero-order chi connectivity index (χ0) is 12.3. The Hall–Kier alpha value is -0.350. The Morgan fingerprint density at radius 2 is 2.29 bits per heavy atom. The maximum absolute atomic E-state index is 12.3. The number of amides is 1. The zero-order valence-corrected chi connectivity index (χ0v) is 12.6. The fourth-order valence-corrected chi connectivity index (χ4v) is 3.93. The lowest BCUT2D eigenvalue weighted by molar-refractivity contribution is 0.0771. The number of nitrogens with zero attached hydrogens (tertiary/aromatic N) is 1. The fraction of sp³-hybridized carbons (Fsp3) is 0.615. The molecule has 0 bridgehead atoms. The van der Waals surface area contributed by atoms with Crippen LogP contribution in [0.2, 0.25) is 0 Å². The van der Waals surface area contributed by atoms with Gasteiger partial charge in [-0.05, 0) is 37.3 Å². The number of halogens is 1. The lowest BCUT2D eigenvalue weighted by Gasteiger charge is -2.20. The van der Waals surface area contributed by atoms with Crippen molar-refractivity contribution in [2.24, 2.45) is 0 Å². The summed E-state index contributed by atoms with van der Waals surface area (Å²) in [4.78, 5) is 16.7. The van der Waals surface area contributed by atoms with E-state index in [0.717, 1.165) is 36.1 Å². The summed E-state index contributed by atoms with van der Waals surface area (Å²) in [5, 5.41) is 0.851. The first-order valence-corrected chi connectivity index (χ1v) is 8.17. The van der Waals surface area contributed by atoms with E-state index in [0.29, 0.717) is 0 Å². The molecular weight excluding hydrogens is 298 g/mol. The van der Waals surface area contributed by atoms with Crippen molar-refractivity contribution in [3.63, 3.8) is 0 Å². The number of rotatable bonds is 5. The van der Waals surface area contributed by atoms with Crippen LogP contribution in [0.3, 0.4) is 0 Å². The number of carbonyl (C=O) groups is 1. The molecule has 17 heavy (non-hydrogen) atoms. The Morgan fingerprint density at radius 3 is 2.94 bits per heavy atom.